The molecule has 2 aliphatic rings. The Bertz CT molecular complexity index is 435. The average Bonchev–Trinajstić information content (AvgIpc) is 2.86. The van der Waals surface area contributed by atoms with Crippen LogP contribution < -0.4 is 5.32 Å². The maximum atomic E-state index is 12.2. The summed E-state index contributed by atoms with van der Waals surface area (Å²) in [5.41, 5.74) is 0. The molecule has 0 aromatic carbocycles. The fourth-order valence-corrected chi connectivity index (χ4v) is 4.52. The summed E-state index contributed by atoms with van der Waals surface area (Å²) in [7, 11) is -3.01. The number of rotatable bonds is 3. The third-order valence-electron chi connectivity index (χ3n) is 4.60. The lowest BCUT2D eigenvalue weighted by atomic mass is 10.0. The summed E-state index contributed by atoms with van der Waals surface area (Å²) in [4.78, 5) is 14.0. The van der Waals surface area contributed by atoms with Gasteiger partial charge in [-0.15, -0.1) is 12.4 Å². The van der Waals surface area contributed by atoms with Crippen LogP contribution in [0.4, 0.5) is 0 Å². The first-order valence-electron chi connectivity index (χ1n) is 7.13. The molecule has 0 bridgehead atoms. The maximum Gasteiger partial charge on any atom is 0.222 e. The SMILES string of the molecule is CC1C(C)S(=O)(=O)CCN1C(=O)CCC1CCNC1.Cl. The van der Waals surface area contributed by atoms with Crippen LogP contribution in [0.25, 0.3) is 0 Å². The highest BCUT2D eigenvalue weighted by Crippen LogP contribution is 2.22. The Balaban J connectivity index is 0.00000200. The van der Waals surface area contributed by atoms with E-state index in [2.05, 4.69) is 5.32 Å². The van der Waals surface area contributed by atoms with Gasteiger partial charge in [0.15, 0.2) is 9.84 Å². The molecule has 0 radical (unpaired) electrons. The van der Waals surface area contributed by atoms with Crippen molar-refractivity contribution in [2.45, 2.75) is 44.4 Å². The van der Waals surface area contributed by atoms with E-state index in [4.69, 9.17) is 0 Å². The van der Waals surface area contributed by atoms with E-state index in [1.165, 1.54) is 0 Å². The molecule has 0 aromatic rings. The van der Waals surface area contributed by atoms with Crippen molar-refractivity contribution in [3.8, 4) is 0 Å². The Morgan fingerprint density at radius 2 is 2.05 bits per heavy atom. The Morgan fingerprint density at radius 3 is 2.65 bits per heavy atom. The van der Waals surface area contributed by atoms with Crippen molar-refractivity contribution in [2.75, 3.05) is 25.4 Å². The molecule has 7 heteroatoms. The highest BCUT2D eigenvalue weighted by molar-refractivity contribution is 7.92. The van der Waals surface area contributed by atoms with E-state index < -0.39 is 15.1 Å². The quantitative estimate of drug-likeness (QED) is 0.835. The van der Waals surface area contributed by atoms with Gasteiger partial charge in [0.2, 0.25) is 5.91 Å². The van der Waals surface area contributed by atoms with Gasteiger partial charge in [-0.05, 0) is 45.7 Å². The van der Waals surface area contributed by atoms with Crippen LogP contribution in [-0.4, -0.2) is 55.9 Å². The highest BCUT2D eigenvalue weighted by atomic mass is 35.5. The molecule has 2 saturated heterocycles. The molecule has 0 aliphatic carbocycles. The third-order valence-corrected chi connectivity index (χ3v) is 6.88. The van der Waals surface area contributed by atoms with Gasteiger partial charge in [-0.2, -0.15) is 0 Å². The number of hydrogen-bond acceptors (Lipinski definition) is 4. The number of hydrogen-bond donors (Lipinski definition) is 1. The van der Waals surface area contributed by atoms with E-state index in [-0.39, 0.29) is 30.1 Å². The van der Waals surface area contributed by atoms with Crippen LogP contribution in [0.3, 0.4) is 0 Å². The van der Waals surface area contributed by atoms with Crippen LogP contribution in [0.5, 0.6) is 0 Å². The number of nitrogens with zero attached hydrogens (tertiary/aromatic N) is 1. The summed E-state index contributed by atoms with van der Waals surface area (Å²) in [5.74, 6) is 0.821. The normalized spacial score (nSPS) is 32.7. The molecular formula is C13H25ClN2O3S. The van der Waals surface area contributed by atoms with E-state index in [0.29, 0.717) is 18.9 Å². The molecule has 0 spiro atoms. The number of carbonyl (C=O) groups is 1. The van der Waals surface area contributed by atoms with Crippen molar-refractivity contribution in [1.29, 1.82) is 0 Å². The number of nitrogens with one attached hydrogen (secondary N) is 1. The van der Waals surface area contributed by atoms with Crippen LogP contribution in [0.1, 0.15) is 33.1 Å². The molecule has 1 amide bonds. The van der Waals surface area contributed by atoms with Gasteiger partial charge < -0.3 is 10.2 Å². The zero-order chi connectivity index (χ0) is 14.0. The molecule has 20 heavy (non-hydrogen) atoms. The topological polar surface area (TPSA) is 66.5 Å². The minimum Gasteiger partial charge on any atom is -0.338 e. The molecule has 2 heterocycles. The summed E-state index contributed by atoms with van der Waals surface area (Å²) in [5, 5.41) is 2.85. The van der Waals surface area contributed by atoms with Crippen LogP contribution in [0.15, 0.2) is 0 Å². The van der Waals surface area contributed by atoms with E-state index in [1.807, 2.05) is 6.92 Å². The summed E-state index contributed by atoms with van der Waals surface area (Å²) in [6.45, 7) is 5.97. The molecule has 2 aliphatic heterocycles. The predicted molar refractivity (Wildman–Crippen MR) is 81.9 cm³/mol. The average molecular weight is 325 g/mol. The molecule has 3 atom stereocenters. The van der Waals surface area contributed by atoms with Crippen molar-refractivity contribution >= 4 is 28.2 Å². The Hall–Kier alpha value is -0.330. The van der Waals surface area contributed by atoms with E-state index in [0.717, 1.165) is 25.9 Å². The molecule has 5 nitrogen and oxygen atoms in total. The third kappa shape index (κ3) is 3.86. The first-order valence-corrected chi connectivity index (χ1v) is 8.85. The molecule has 0 aromatic heterocycles. The lowest BCUT2D eigenvalue weighted by Crippen LogP contribution is -2.54. The largest absolute Gasteiger partial charge is 0.338 e. The molecule has 118 valence electrons. The lowest BCUT2D eigenvalue weighted by molar-refractivity contribution is -0.133. The lowest BCUT2D eigenvalue weighted by Gasteiger charge is -2.37. The van der Waals surface area contributed by atoms with Gasteiger partial charge in [-0.25, -0.2) is 8.42 Å². The summed E-state index contributed by atoms with van der Waals surface area (Å²) < 4.78 is 23.6. The zero-order valence-corrected chi connectivity index (χ0v) is 13.8. The number of amides is 1. The van der Waals surface area contributed by atoms with E-state index in [9.17, 15) is 13.2 Å². The Morgan fingerprint density at radius 1 is 1.35 bits per heavy atom. The van der Waals surface area contributed by atoms with Crippen molar-refractivity contribution < 1.29 is 13.2 Å². The Kier molecular flexibility index (Phi) is 6.28. The van der Waals surface area contributed by atoms with Crippen LogP contribution >= 0.6 is 12.4 Å². The van der Waals surface area contributed by atoms with Gasteiger partial charge in [0.25, 0.3) is 0 Å². The first kappa shape index (κ1) is 17.7. The standard InChI is InChI=1S/C13H24N2O3S.ClH/c1-10-11(2)19(17,18)8-7-15(10)13(16)4-3-12-5-6-14-9-12;/h10-12,14H,3-9H2,1-2H3;1H. The number of carbonyl (C=O) groups excluding carboxylic acids is 1. The molecule has 2 rings (SSSR count). The van der Waals surface area contributed by atoms with Gasteiger partial charge in [-0.3, -0.25) is 4.79 Å². The van der Waals surface area contributed by atoms with Gasteiger partial charge >= 0.3 is 0 Å². The van der Waals surface area contributed by atoms with E-state index in [1.54, 1.807) is 11.8 Å². The summed E-state index contributed by atoms with van der Waals surface area (Å²) in [6.07, 6.45) is 2.60. The molecule has 1 N–H and O–H groups in total. The highest BCUT2D eigenvalue weighted by Gasteiger charge is 2.37. The second kappa shape index (κ2) is 7.09. The maximum absolute atomic E-state index is 12.2. The van der Waals surface area contributed by atoms with Crippen molar-refractivity contribution in [1.82, 2.24) is 10.2 Å². The smallest absolute Gasteiger partial charge is 0.222 e. The predicted octanol–water partition coefficient (Wildman–Crippen LogP) is 0.832. The second-order valence-electron chi connectivity index (χ2n) is 5.80. The van der Waals surface area contributed by atoms with Crippen molar-refractivity contribution in [2.24, 2.45) is 5.92 Å². The monoisotopic (exact) mass is 324 g/mol. The molecule has 0 saturated carbocycles. The van der Waals surface area contributed by atoms with Crippen molar-refractivity contribution in [3.63, 3.8) is 0 Å². The van der Waals surface area contributed by atoms with E-state index >= 15 is 0 Å². The molecule has 2 fully saturated rings. The minimum atomic E-state index is -3.01. The summed E-state index contributed by atoms with van der Waals surface area (Å²) >= 11 is 0. The molecular weight excluding hydrogens is 300 g/mol. The fourth-order valence-electron chi connectivity index (χ4n) is 2.95. The van der Waals surface area contributed by atoms with Crippen LogP contribution in [0.2, 0.25) is 0 Å². The second-order valence-corrected chi connectivity index (χ2v) is 8.27. The minimum absolute atomic E-state index is 0. The van der Waals surface area contributed by atoms with Crippen LogP contribution in [-0.2, 0) is 14.6 Å². The Labute approximate surface area is 127 Å². The number of halogens is 1. The van der Waals surface area contributed by atoms with Gasteiger partial charge in [0.05, 0.1) is 11.0 Å². The molecule has 3 unspecified atom stereocenters. The van der Waals surface area contributed by atoms with Crippen molar-refractivity contribution in [3.05, 3.63) is 0 Å². The van der Waals surface area contributed by atoms with Gasteiger partial charge in [0, 0.05) is 19.0 Å². The number of sulfone groups is 1. The zero-order valence-electron chi connectivity index (χ0n) is 12.2. The van der Waals surface area contributed by atoms with Gasteiger partial charge in [-0.1, -0.05) is 0 Å². The fraction of sp³-hybridized carbons (Fsp3) is 0.923. The van der Waals surface area contributed by atoms with Crippen LogP contribution in [0, 0.1) is 5.92 Å². The summed E-state index contributed by atoms with van der Waals surface area (Å²) in [6, 6.07) is -0.201. The van der Waals surface area contributed by atoms with Gasteiger partial charge in [0.1, 0.15) is 0 Å². The first-order chi connectivity index (χ1) is 8.92.